The molecule has 0 unspecified atom stereocenters. The van der Waals surface area contributed by atoms with Crippen molar-refractivity contribution in [2.24, 2.45) is 0 Å². The van der Waals surface area contributed by atoms with E-state index in [9.17, 15) is 0 Å². The van der Waals surface area contributed by atoms with E-state index in [1.807, 2.05) is 6.07 Å². The van der Waals surface area contributed by atoms with Gasteiger partial charge in [-0.3, -0.25) is 4.90 Å². The first-order chi connectivity index (χ1) is 13.2. The molecule has 1 aliphatic rings. The molecule has 2 aromatic rings. The fourth-order valence-corrected chi connectivity index (χ4v) is 4.12. The zero-order chi connectivity index (χ0) is 19.2. The third-order valence-corrected chi connectivity index (χ3v) is 5.45. The van der Waals surface area contributed by atoms with Gasteiger partial charge in [0.15, 0.2) is 11.5 Å². The van der Waals surface area contributed by atoms with Crippen molar-refractivity contribution in [2.75, 3.05) is 27.9 Å². The van der Waals surface area contributed by atoms with Crippen LogP contribution in [-0.2, 0) is 6.54 Å². The van der Waals surface area contributed by atoms with Crippen LogP contribution < -0.4 is 14.2 Å². The van der Waals surface area contributed by atoms with Crippen LogP contribution >= 0.6 is 0 Å². The Labute approximate surface area is 163 Å². The quantitative estimate of drug-likeness (QED) is 0.706. The van der Waals surface area contributed by atoms with E-state index in [1.54, 1.807) is 21.3 Å². The molecule has 4 heteroatoms. The standard InChI is InChI=1S/C23H31NO3/c1-17-9-8-10-18(15-17)20-11-6-5-7-14-24(20)16-19-12-13-21(25-2)23(27-4)22(19)26-3/h8-10,12-13,15,20H,5-7,11,14,16H2,1-4H3/t20-/m0/s1. The van der Waals surface area contributed by atoms with Gasteiger partial charge in [0.05, 0.1) is 21.3 Å². The van der Waals surface area contributed by atoms with Crippen LogP contribution in [0.1, 0.15) is 48.4 Å². The van der Waals surface area contributed by atoms with Crippen LogP contribution in [-0.4, -0.2) is 32.8 Å². The summed E-state index contributed by atoms with van der Waals surface area (Å²) >= 11 is 0. The fourth-order valence-electron chi connectivity index (χ4n) is 4.12. The lowest BCUT2D eigenvalue weighted by atomic mass is 9.98. The molecule has 1 fully saturated rings. The predicted molar refractivity (Wildman–Crippen MR) is 109 cm³/mol. The van der Waals surface area contributed by atoms with Crippen molar-refractivity contribution < 1.29 is 14.2 Å². The normalized spacial score (nSPS) is 18.0. The van der Waals surface area contributed by atoms with Crippen LogP contribution in [0, 0.1) is 6.92 Å². The summed E-state index contributed by atoms with van der Waals surface area (Å²) in [7, 11) is 5.01. The maximum Gasteiger partial charge on any atom is 0.203 e. The Morgan fingerprint density at radius 2 is 1.74 bits per heavy atom. The summed E-state index contributed by atoms with van der Waals surface area (Å²) in [6, 6.07) is 13.4. The summed E-state index contributed by atoms with van der Waals surface area (Å²) in [5.41, 5.74) is 3.87. The van der Waals surface area contributed by atoms with Crippen molar-refractivity contribution in [2.45, 2.75) is 45.2 Å². The van der Waals surface area contributed by atoms with Gasteiger partial charge in [-0.05, 0) is 37.9 Å². The number of likely N-dealkylation sites (tertiary alicyclic amines) is 1. The van der Waals surface area contributed by atoms with E-state index < -0.39 is 0 Å². The van der Waals surface area contributed by atoms with E-state index in [0.717, 1.165) is 24.4 Å². The van der Waals surface area contributed by atoms with Crippen molar-refractivity contribution in [3.8, 4) is 17.2 Å². The fraction of sp³-hybridized carbons (Fsp3) is 0.478. The highest BCUT2D eigenvalue weighted by molar-refractivity contribution is 5.55. The highest BCUT2D eigenvalue weighted by Gasteiger charge is 2.25. The van der Waals surface area contributed by atoms with Gasteiger partial charge < -0.3 is 14.2 Å². The van der Waals surface area contributed by atoms with Gasteiger partial charge >= 0.3 is 0 Å². The van der Waals surface area contributed by atoms with E-state index in [0.29, 0.717) is 17.5 Å². The second kappa shape index (κ2) is 9.14. The number of hydrogen-bond donors (Lipinski definition) is 0. The smallest absolute Gasteiger partial charge is 0.203 e. The van der Waals surface area contributed by atoms with E-state index in [1.165, 1.54) is 36.8 Å². The maximum absolute atomic E-state index is 5.71. The zero-order valence-corrected chi connectivity index (χ0v) is 17.0. The molecule has 0 saturated carbocycles. The minimum absolute atomic E-state index is 0.435. The van der Waals surface area contributed by atoms with Crippen molar-refractivity contribution >= 4 is 0 Å². The molecule has 0 radical (unpaired) electrons. The Balaban J connectivity index is 1.93. The molecular formula is C23H31NO3. The second-order valence-corrected chi connectivity index (χ2v) is 7.24. The largest absolute Gasteiger partial charge is 0.493 e. The van der Waals surface area contributed by atoms with Crippen LogP contribution in [0.25, 0.3) is 0 Å². The monoisotopic (exact) mass is 369 g/mol. The van der Waals surface area contributed by atoms with Crippen LogP contribution in [0.5, 0.6) is 17.2 Å². The third kappa shape index (κ3) is 4.38. The van der Waals surface area contributed by atoms with Crippen LogP contribution in [0.15, 0.2) is 36.4 Å². The van der Waals surface area contributed by atoms with Crippen LogP contribution in [0.4, 0.5) is 0 Å². The SMILES string of the molecule is COc1ccc(CN2CCCCC[C@H]2c2cccc(C)c2)c(OC)c1OC. The topological polar surface area (TPSA) is 30.9 Å². The Morgan fingerprint density at radius 3 is 2.44 bits per heavy atom. The van der Waals surface area contributed by atoms with E-state index in [4.69, 9.17) is 14.2 Å². The first-order valence-electron chi connectivity index (χ1n) is 9.76. The number of aryl methyl sites for hydroxylation is 1. The van der Waals surface area contributed by atoms with Gasteiger partial charge in [0.25, 0.3) is 0 Å². The molecule has 1 saturated heterocycles. The van der Waals surface area contributed by atoms with Gasteiger partial charge in [0.1, 0.15) is 0 Å². The predicted octanol–water partition coefficient (Wildman–Crippen LogP) is 5.14. The van der Waals surface area contributed by atoms with Crippen LogP contribution in [0.3, 0.4) is 0 Å². The Bertz CT molecular complexity index is 759. The maximum atomic E-state index is 5.71. The molecule has 0 aromatic heterocycles. The zero-order valence-electron chi connectivity index (χ0n) is 17.0. The molecule has 0 amide bonds. The summed E-state index contributed by atoms with van der Waals surface area (Å²) in [5, 5.41) is 0. The number of methoxy groups -OCH3 is 3. The molecule has 0 spiro atoms. The minimum Gasteiger partial charge on any atom is -0.493 e. The summed E-state index contributed by atoms with van der Waals surface area (Å²) in [6.07, 6.45) is 5.00. The van der Waals surface area contributed by atoms with Gasteiger partial charge in [-0.2, -0.15) is 0 Å². The number of ether oxygens (including phenoxy) is 3. The van der Waals surface area contributed by atoms with Crippen LogP contribution in [0.2, 0.25) is 0 Å². The lowest BCUT2D eigenvalue weighted by molar-refractivity contribution is 0.189. The minimum atomic E-state index is 0.435. The molecule has 4 nitrogen and oxygen atoms in total. The van der Waals surface area contributed by atoms with Crippen molar-refractivity contribution in [3.63, 3.8) is 0 Å². The lowest BCUT2D eigenvalue weighted by Crippen LogP contribution is -2.28. The highest BCUT2D eigenvalue weighted by atomic mass is 16.5. The van der Waals surface area contributed by atoms with E-state index in [2.05, 4.69) is 42.2 Å². The highest BCUT2D eigenvalue weighted by Crippen LogP contribution is 2.41. The van der Waals surface area contributed by atoms with E-state index >= 15 is 0 Å². The van der Waals surface area contributed by atoms with Crippen molar-refractivity contribution in [1.82, 2.24) is 4.90 Å². The molecule has 1 aliphatic heterocycles. The molecule has 27 heavy (non-hydrogen) atoms. The molecule has 1 heterocycles. The molecule has 2 aromatic carbocycles. The third-order valence-electron chi connectivity index (χ3n) is 5.45. The van der Waals surface area contributed by atoms with E-state index in [-0.39, 0.29) is 0 Å². The molecular weight excluding hydrogens is 338 g/mol. The van der Waals surface area contributed by atoms with Gasteiger partial charge in [0.2, 0.25) is 5.75 Å². The first-order valence-corrected chi connectivity index (χ1v) is 9.76. The van der Waals surface area contributed by atoms with Crippen molar-refractivity contribution in [3.05, 3.63) is 53.1 Å². The Kier molecular flexibility index (Phi) is 6.62. The lowest BCUT2D eigenvalue weighted by Gasteiger charge is -2.31. The van der Waals surface area contributed by atoms with Gasteiger partial charge in [-0.1, -0.05) is 48.7 Å². The molecule has 0 N–H and O–H groups in total. The van der Waals surface area contributed by atoms with Gasteiger partial charge in [-0.15, -0.1) is 0 Å². The van der Waals surface area contributed by atoms with Crippen molar-refractivity contribution in [1.29, 1.82) is 0 Å². The van der Waals surface area contributed by atoms with Gasteiger partial charge in [-0.25, -0.2) is 0 Å². The molecule has 146 valence electrons. The summed E-state index contributed by atoms with van der Waals surface area (Å²) < 4.78 is 16.7. The average molecular weight is 370 g/mol. The molecule has 1 atom stereocenters. The Morgan fingerprint density at radius 1 is 0.926 bits per heavy atom. The molecule has 0 aliphatic carbocycles. The second-order valence-electron chi connectivity index (χ2n) is 7.24. The molecule has 0 bridgehead atoms. The average Bonchev–Trinajstić information content (AvgIpc) is 2.93. The summed E-state index contributed by atoms with van der Waals surface area (Å²) in [6.45, 7) is 4.10. The Hall–Kier alpha value is -2.20. The number of hydrogen-bond acceptors (Lipinski definition) is 4. The number of rotatable bonds is 6. The first kappa shape index (κ1) is 19.6. The number of nitrogens with zero attached hydrogens (tertiary/aromatic N) is 1. The summed E-state index contributed by atoms with van der Waals surface area (Å²) in [5.74, 6) is 2.13. The number of benzene rings is 2. The summed E-state index contributed by atoms with van der Waals surface area (Å²) in [4.78, 5) is 2.59. The van der Waals surface area contributed by atoms with Gasteiger partial charge in [0, 0.05) is 18.2 Å². The molecule has 3 rings (SSSR count).